The number of esters is 3. The van der Waals surface area contributed by atoms with Crippen molar-refractivity contribution >= 4 is 25.7 Å². The molecule has 0 bridgehead atoms. The Bertz CT molecular complexity index is 1430. The quantitative estimate of drug-likeness (QED) is 0.0197. The van der Waals surface area contributed by atoms with Crippen molar-refractivity contribution in [1.29, 1.82) is 0 Å². The third-order valence-electron chi connectivity index (χ3n) is 10.3. The average Bonchev–Trinajstić information content (AvgIpc) is 3.30. The van der Waals surface area contributed by atoms with Gasteiger partial charge < -0.3 is 24.2 Å². The summed E-state index contributed by atoms with van der Waals surface area (Å²) < 4.78 is 39.3. The van der Waals surface area contributed by atoms with Gasteiger partial charge >= 0.3 is 25.7 Å². The summed E-state index contributed by atoms with van der Waals surface area (Å²) in [5.41, 5.74) is 0. The molecule has 3 atom stereocenters. The van der Waals surface area contributed by atoms with Crippen molar-refractivity contribution in [2.45, 2.75) is 213 Å². The van der Waals surface area contributed by atoms with Gasteiger partial charge in [0.2, 0.25) is 0 Å². The fraction of sp³-hybridized carbons (Fsp3) is 0.685. The lowest BCUT2D eigenvalue weighted by molar-refractivity contribution is -0.161. The molecule has 0 aliphatic carbocycles. The number of rotatable bonds is 46. The van der Waals surface area contributed by atoms with E-state index >= 15 is 0 Å². The lowest BCUT2D eigenvalue weighted by Gasteiger charge is -2.21. The second-order valence-corrected chi connectivity index (χ2v) is 18.0. The predicted octanol–water partition coefficient (Wildman–Crippen LogP) is 14.4. The number of carbonyl (C=O) groups excluding carboxylic acids is 3. The van der Waals surface area contributed by atoms with Crippen LogP contribution in [0.3, 0.4) is 0 Å². The van der Waals surface area contributed by atoms with Crippen LogP contribution in [0.1, 0.15) is 201 Å². The minimum atomic E-state index is -4.75. The van der Waals surface area contributed by atoms with Crippen LogP contribution in [0.25, 0.3) is 0 Å². The summed E-state index contributed by atoms with van der Waals surface area (Å²) >= 11 is 0. The highest BCUT2D eigenvalue weighted by molar-refractivity contribution is 7.47. The Morgan fingerprint density at radius 1 is 0.439 bits per heavy atom. The molecule has 0 saturated heterocycles. The van der Waals surface area contributed by atoms with Gasteiger partial charge in [-0.15, -0.1) is 0 Å². The standard InChI is InChI=1S/C54H91O11P/c1-4-7-10-13-16-19-22-24-25-27-30-33-36-39-42-45-54(58)65-51(47-61-52(56)43-40-37-34-31-29-26-23-20-17-14-11-8-5-2)49-63-66(59,60)62-48-50(46-55)64-53(57)44-41-38-35-32-28-21-18-15-12-9-6-3/h7-8,10-11,15-20,24-26,29,50-51,55H,4-6,9,12-14,21-23,27-28,30-49H2,1-3H3,(H,59,60)/b10-7-,11-8-,18-15-,19-16-,20-17-,25-24-,29-26-. The van der Waals surface area contributed by atoms with E-state index in [0.717, 1.165) is 128 Å². The molecule has 11 nitrogen and oxygen atoms in total. The Kier molecular flexibility index (Phi) is 45.7. The van der Waals surface area contributed by atoms with E-state index in [4.69, 9.17) is 23.3 Å². The number of phosphoric ester groups is 1. The Hall–Kier alpha value is -3.34. The first-order chi connectivity index (χ1) is 32.2. The van der Waals surface area contributed by atoms with E-state index < -0.39 is 57.8 Å². The smallest absolute Gasteiger partial charge is 0.462 e. The van der Waals surface area contributed by atoms with Gasteiger partial charge in [0.1, 0.15) is 12.7 Å². The lowest BCUT2D eigenvalue weighted by Crippen LogP contribution is -2.30. The molecule has 378 valence electrons. The Balaban J connectivity index is 4.83. The summed E-state index contributed by atoms with van der Waals surface area (Å²) in [4.78, 5) is 48.2. The largest absolute Gasteiger partial charge is 0.472 e. The van der Waals surface area contributed by atoms with Gasteiger partial charge in [-0.3, -0.25) is 23.4 Å². The van der Waals surface area contributed by atoms with E-state index in [9.17, 15) is 28.9 Å². The van der Waals surface area contributed by atoms with E-state index in [2.05, 4.69) is 106 Å². The highest BCUT2D eigenvalue weighted by atomic mass is 31.2. The van der Waals surface area contributed by atoms with Gasteiger partial charge in [-0.25, -0.2) is 4.57 Å². The van der Waals surface area contributed by atoms with Gasteiger partial charge in [0.25, 0.3) is 0 Å². The molecule has 0 spiro atoms. The molecule has 12 heteroatoms. The molecule has 0 aliphatic heterocycles. The van der Waals surface area contributed by atoms with Crippen molar-refractivity contribution in [2.75, 3.05) is 26.4 Å². The Morgan fingerprint density at radius 3 is 1.24 bits per heavy atom. The normalized spacial score (nSPS) is 14.2. The molecule has 0 rings (SSSR count). The first kappa shape index (κ1) is 62.7. The van der Waals surface area contributed by atoms with Gasteiger partial charge in [-0.1, -0.05) is 164 Å². The Labute approximate surface area is 400 Å². The molecule has 66 heavy (non-hydrogen) atoms. The number of hydrogen-bond acceptors (Lipinski definition) is 10. The maximum absolute atomic E-state index is 12.8. The van der Waals surface area contributed by atoms with Crippen molar-refractivity contribution in [3.05, 3.63) is 85.1 Å². The fourth-order valence-corrected chi connectivity index (χ4v) is 7.21. The zero-order valence-corrected chi connectivity index (χ0v) is 42.3. The van der Waals surface area contributed by atoms with Crippen molar-refractivity contribution in [3.63, 3.8) is 0 Å². The molecule has 2 N–H and O–H groups in total. The summed E-state index contributed by atoms with van der Waals surface area (Å²) in [5.74, 6) is -1.54. The first-order valence-corrected chi connectivity index (χ1v) is 27.0. The van der Waals surface area contributed by atoms with Crippen molar-refractivity contribution in [2.24, 2.45) is 0 Å². The van der Waals surface area contributed by atoms with Gasteiger partial charge in [-0.05, 0) is 103 Å². The monoisotopic (exact) mass is 947 g/mol. The minimum Gasteiger partial charge on any atom is -0.462 e. The summed E-state index contributed by atoms with van der Waals surface area (Å²) in [6.45, 7) is 4.28. The number of aliphatic hydroxyl groups excluding tert-OH is 1. The van der Waals surface area contributed by atoms with Gasteiger partial charge in [-0.2, -0.15) is 0 Å². The summed E-state index contributed by atoms with van der Waals surface area (Å²) in [7, 11) is -4.75. The second-order valence-electron chi connectivity index (χ2n) is 16.6. The summed E-state index contributed by atoms with van der Waals surface area (Å²) in [6, 6.07) is 0. The van der Waals surface area contributed by atoms with Crippen molar-refractivity contribution in [1.82, 2.24) is 0 Å². The molecule has 0 aliphatic rings. The number of ether oxygens (including phenoxy) is 3. The van der Waals surface area contributed by atoms with E-state index in [0.29, 0.717) is 19.3 Å². The molecule has 0 aromatic heterocycles. The van der Waals surface area contributed by atoms with Crippen LogP contribution < -0.4 is 0 Å². The molecule has 0 radical (unpaired) electrons. The number of phosphoric acid groups is 1. The van der Waals surface area contributed by atoms with Crippen LogP contribution in [0, 0.1) is 0 Å². The fourth-order valence-electron chi connectivity index (χ4n) is 6.42. The second kappa shape index (κ2) is 48.1. The molecule has 0 heterocycles. The van der Waals surface area contributed by atoms with E-state index in [1.165, 1.54) is 12.8 Å². The molecule has 0 amide bonds. The van der Waals surface area contributed by atoms with E-state index in [1.807, 2.05) is 0 Å². The summed E-state index contributed by atoms with van der Waals surface area (Å²) in [6.07, 6.45) is 52.7. The Morgan fingerprint density at radius 2 is 0.788 bits per heavy atom. The third kappa shape index (κ3) is 45.8. The number of aliphatic hydroxyl groups is 1. The van der Waals surface area contributed by atoms with E-state index in [-0.39, 0.29) is 25.9 Å². The molecule has 0 aromatic carbocycles. The average molecular weight is 947 g/mol. The van der Waals surface area contributed by atoms with Crippen LogP contribution in [-0.2, 0) is 42.2 Å². The SMILES string of the molecule is CC/C=C\C/C=C\C/C=C\CCCCCCCC(=O)OC(COC(=O)CCCCC/C=C\C/C=C\C/C=C\CC)COP(=O)(O)OCC(CO)OC(=O)CCCCCCC/C=C\CCCC. The molecule has 0 saturated carbocycles. The van der Waals surface area contributed by atoms with Crippen LogP contribution in [-0.4, -0.2) is 66.5 Å². The molecular weight excluding hydrogens is 856 g/mol. The third-order valence-corrected chi connectivity index (χ3v) is 11.2. The van der Waals surface area contributed by atoms with Crippen LogP contribution in [0.4, 0.5) is 0 Å². The maximum Gasteiger partial charge on any atom is 0.472 e. The van der Waals surface area contributed by atoms with Crippen LogP contribution >= 0.6 is 7.82 Å². The molecule has 0 aromatic rings. The minimum absolute atomic E-state index is 0.138. The summed E-state index contributed by atoms with van der Waals surface area (Å²) in [5, 5.41) is 9.75. The predicted molar refractivity (Wildman–Crippen MR) is 270 cm³/mol. The van der Waals surface area contributed by atoms with Crippen LogP contribution in [0.2, 0.25) is 0 Å². The first-order valence-electron chi connectivity index (χ1n) is 25.5. The van der Waals surface area contributed by atoms with Gasteiger partial charge in [0, 0.05) is 19.3 Å². The van der Waals surface area contributed by atoms with Crippen LogP contribution in [0.5, 0.6) is 0 Å². The maximum atomic E-state index is 12.8. The van der Waals surface area contributed by atoms with Crippen molar-refractivity contribution in [3.8, 4) is 0 Å². The molecule has 3 unspecified atom stereocenters. The number of allylic oxidation sites excluding steroid dienone is 14. The highest BCUT2D eigenvalue weighted by Gasteiger charge is 2.28. The zero-order chi connectivity index (χ0) is 48.4. The zero-order valence-electron chi connectivity index (χ0n) is 41.4. The van der Waals surface area contributed by atoms with E-state index in [1.54, 1.807) is 0 Å². The molecule has 0 fully saturated rings. The lowest BCUT2D eigenvalue weighted by atomic mass is 10.1. The topological polar surface area (TPSA) is 155 Å². The number of carbonyl (C=O) groups is 3. The van der Waals surface area contributed by atoms with Crippen LogP contribution in [0.15, 0.2) is 85.1 Å². The number of hydrogen-bond donors (Lipinski definition) is 2. The number of unbranched alkanes of at least 4 members (excludes halogenated alkanes) is 15. The molecular formula is C54H91O11P. The van der Waals surface area contributed by atoms with Gasteiger partial charge in [0.15, 0.2) is 6.10 Å². The van der Waals surface area contributed by atoms with Gasteiger partial charge in [0.05, 0.1) is 19.8 Å². The van der Waals surface area contributed by atoms with Crippen molar-refractivity contribution < 1.29 is 52.2 Å². The highest BCUT2D eigenvalue weighted by Crippen LogP contribution is 2.43.